The standard InChI is InChI=1S/C9H9INO2PS/c10-15-4-3-7-1-2-8(6-11)9(5-7)14(12)13/h1-2,5,12-13H,6,11H2. The van der Waals surface area contributed by atoms with E-state index in [-0.39, 0.29) is 0 Å². The van der Waals surface area contributed by atoms with Crippen LogP contribution in [0, 0.1) is 11.2 Å². The minimum Gasteiger partial charge on any atom is -0.347 e. The van der Waals surface area contributed by atoms with Gasteiger partial charge in [-0.2, -0.15) is 0 Å². The molecular formula is C9H9INO2PS. The summed E-state index contributed by atoms with van der Waals surface area (Å²) in [5.41, 5.74) is 7.00. The van der Waals surface area contributed by atoms with Crippen molar-refractivity contribution in [1.29, 1.82) is 0 Å². The maximum atomic E-state index is 9.20. The van der Waals surface area contributed by atoms with Gasteiger partial charge in [0.05, 0.1) is 0 Å². The maximum Gasteiger partial charge on any atom is 0.199 e. The van der Waals surface area contributed by atoms with Crippen LogP contribution in [0.25, 0.3) is 0 Å². The Morgan fingerprint density at radius 1 is 1.47 bits per heavy atom. The number of hydrogen-bond acceptors (Lipinski definition) is 4. The van der Waals surface area contributed by atoms with Gasteiger partial charge >= 0.3 is 0 Å². The molecule has 15 heavy (non-hydrogen) atoms. The zero-order valence-corrected chi connectivity index (χ0v) is 11.5. The van der Waals surface area contributed by atoms with E-state index in [1.807, 2.05) is 6.07 Å². The maximum absolute atomic E-state index is 9.20. The second-order valence-electron chi connectivity index (χ2n) is 2.64. The highest BCUT2D eigenvalue weighted by molar-refractivity contribution is 14.2. The Labute approximate surface area is 106 Å². The smallest absolute Gasteiger partial charge is 0.199 e. The number of hydrogen-bond donors (Lipinski definition) is 3. The fourth-order valence-electron chi connectivity index (χ4n) is 1.08. The van der Waals surface area contributed by atoms with E-state index in [4.69, 9.17) is 5.73 Å². The average Bonchev–Trinajstić information content (AvgIpc) is 2.25. The lowest BCUT2D eigenvalue weighted by molar-refractivity contribution is 0.496. The summed E-state index contributed by atoms with van der Waals surface area (Å²) in [6.45, 7) is 0.296. The summed E-state index contributed by atoms with van der Waals surface area (Å²) < 4.78 is 0. The van der Waals surface area contributed by atoms with Crippen LogP contribution in [-0.4, -0.2) is 9.79 Å². The van der Waals surface area contributed by atoms with E-state index in [0.29, 0.717) is 11.8 Å². The van der Waals surface area contributed by atoms with Crippen LogP contribution >= 0.6 is 38.5 Å². The van der Waals surface area contributed by atoms with Gasteiger partial charge < -0.3 is 15.5 Å². The predicted octanol–water partition coefficient (Wildman–Crippen LogP) is 1.46. The molecule has 0 radical (unpaired) electrons. The predicted molar refractivity (Wildman–Crippen MR) is 73.8 cm³/mol. The molecule has 80 valence electrons. The third-order valence-electron chi connectivity index (χ3n) is 1.75. The molecule has 1 rings (SSSR count). The first-order valence-corrected chi connectivity index (χ1v) is 8.59. The molecule has 1 aromatic carbocycles. The van der Waals surface area contributed by atoms with Crippen LogP contribution in [0.15, 0.2) is 18.2 Å². The molecule has 0 saturated carbocycles. The Balaban J connectivity index is 3.10. The molecule has 0 spiro atoms. The highest BCUT2D eigenvalue weighted by atomic mass is 127. The molecule has 0 aromatic heterocycles. The van der Waals surface area contributed by atoms with E-state index in [9.17, 15) is 9.79 Å². The van der Waals surface area contributed by atoms with Crippen molar-refractivity contribution in [3.63, 3.8) is 0 Å². The average molecular weight is 353 g/mol. The van der Waals surface area contributed by atoms with Crippen LogP contribution in [0.4, 0.5) is 0 Å². The molecular weight excluding hydrogens is 344 g/mol. The van der Waals surface area contributed by atoms with Crippen LogP contribution in [0.5, 0.6) is 0 Å². The van der Waals surface area contributed by atoms with Gasteiger partial charge in [0.1, 0.15) is 0 Å². The summed E-state index contributed by atoms with van der Waals surface area (Å²) in [4.78, 5) is 18.4. The minimum atomic E-state index is -2.11. The molecule has 4 N–H and O–H groups in total. The molecule has 0 saturated heterocycles. The lowest BCUT2D eigenvalue weighted by Crippen LogP contribution is -2.12. The molecule has 0 aliphatic heterocycles. The van der Waals surface area contributed by atoms with E-state index in [1.54, 1.807) is 12.1 Å². The van der Waals surface area contributed by atoms with Crippen LogP contribution in [0.2, 0.25) is 0 Å². The Morgan fingerprint density at radius 2 is 2.20 bits per heavy atom. The Bertz CT molecular complexity index is 403. The van der Waals surface area contributed by atoms with E-state index in [0.717, 1.165) is 11.1 Å². The van der Waals surface area contributed by atoms with E-state index in [2.05, 4.69) is 32.4 Å². The number of benzene rings is 1. The van der Waals surface area contributed by atoms with Gasteiger partial charge in [0.25, 0.3) is 0 Å². The Morgan fingerprint density at radius 3 is 2.73 bits per heavy atom. The van der Waals surface area contributed by atoms with Gasteiger partial charge in [-0.25, -0.2) is 0 Å². The quantitative estimate of drug-likeness (QED) is 0.428. The molecule has 6 heteroatoms. The summed E-state index contributed by atoms with van der Waals surface area (Å²) in [5, 5.41) is 3.32. The fraction of sp³-hybridized carbons (Fsp3) is 0.111. The van der Waals surface area contributed by atoms with Crippen molar-refractivity contribution in [3.8, 4) is 11.2 Å². The van der Waals surface area contributed by atoms with Gasteiger partial charge in [0.2, 0.25) is 0 Å². The van der Waals surface area contributed by atoms with Crippen molar-refractivity contribution in [3.05, 3.63) is 29.3 Å². The van der Waals surface area contributed by atoms with Crippen molar-refractivity contribution in [2.75, 3.05) is 0 Å². The molecule has 0 unspecified atom stereocenters. The third kappa shape index (κ3) is 3.91. The minimum absolute atomic E-state index is 0.296. The highest BCUT2D eigenvalue weighted by Gasteiger charge is 2.09. The van der Waals surface area contributed by atoms with Gasteiger partial charge in [0, 0.05) is 38.6 Å². The molecule has 3 nitrogen and oxygen atoms in total. The molecule has 0 fully saturated rings. The fourth-order valence-corrected chi connectivity index (χ4v) is 2.24. The second-order valence-corrected chi connectivity index (χ2v) is 5.38. The highest BCUT2D eigenvalue weighted by Crippen LogP contribution is 2.24. The zero-order chi connectivity index (χ0) is 11.3. The van der Waals surface area contributed by atoms with Crippen LogP contribution in [0.3, 0.4) is 0 Å². The van der Waals surface area contributed by atoms with Crippen LogP contribution in [0.1, 0.15) is 11.1 Å². The molecule has 0 aliphatic rings. The van der Waals surface area contributed by atoms with E-state index >= 15 is 0 Å². The zero-order valence-electron chi connectivity index (χ0n) is 7.64. The molecule has 1 aromatic rings. The number of halogens is 1. The van der Waals surface area contributed by atoms with Crippen molar-refractivity contribution in [2.24, 2.45) is 5.73 Å². The summed E-state index contributed by atoms with van der Waals surface area (Å²) in [7, 11) is -0.725. The molecule has 0 bridgehead atoms. The first-order valence-electron chi connectivity index (χ1n) is 3.98. The summed E-state index contributed by atoms with van der Waals surface area (Å²) in [6, 6.07) is 5.27. The van der Waals surface area contributed by atoms with Gasteiger partial charge in [-0.15, -0.1) is 0 Å². The monoisotopic (exact) mass is 353 g/mol. The van der Waals surface area contributed by atoms with Gasteiger partial charge in [-0.3, -0.25) is 0 Å². The molecule has 0 heterocycles. The first-order chi connectivity index (χ1) is 7.19. The van der Waals surface area contributed by atoms with Crippen molar-refractivity contribution >= 4 is 43.8 Å². The molecule has 0 atom stereocenters. The lowest BCUT2D eigenvalue weighted by atomic mass is 10.1. The topological polar surface area (TPSA) is 66.5 Å². The van der Waals surface area contributed by atoms with Crippen LogP contribution in [-0.2, 0) is 6.54 Å². The Kier molecular flexibility index (Phi) is 5.90. The number of nitrogens with two attached hydrogens (primary N) is 1. The normalized spacial score (nSPS) is 9.93. The Hall–Kier alpha value is 0.170. The van der Waals surface area contributed by atoms with Gasteiger partial charge in [-0.05, 0) is 31.9 Å². The molecule has 0 amide bonds. The van der Waals surface area contributed by atoms with Crippen molar-refractivity contribution < 1.29 is 9.79 Å². The summed E-state index contributed by atoms with van der Waals surface area (Å²) >= 11 is 2.08. The third-order valence-corrected chi connectivity index (χ3v) is 3.44. The molecule has 0 aliphatic carbocycles. The van der Waals surface area contributed by atoms with E-state index in [1.165, 1.54) is 8.93 Å². The summed E-state index contributed by atoms with van der Waals surface area (Å²) in [5.74, 6) is 2.89. The van der Waals surface area contributed by atoms with Gasteiger partial charge in [0.15, 0.2) is 8.38 Å². The van der Waals surface area contributed by atoms with Crippen molar-refractivity contribution in [2.45, 2.75) is 6.54 Å². The van der Waals surface area contributed by atoms with Gasteiger partial charge in [-0.1, -0.05) is 12.0 Å². The lowest BCUT2D eigenvalue weighted by Gasteiger charge is -2.08. The van der Waals surface area contributed by atoms with Crippen molar-refractivity contribution in [1.82, 2.24) is 0 Å². The first kappa shape index (κ1) is 13.2. The number of rotatable bonds is 2. The van der Waals surface area contributed by atoms with E-state index < -0.39 is 8.38 Å². The largest absolute Gasteiger partial charge is 0.347 e. The SMILES string of the molecule is NCc1ccc(C#CSI)cc1P(O)O. The second kappa shape index (κ2) is 6.69. The van der Waals surface area contributed by atoms with Crippen LogP contribution < -0.4 is 11.0 Å². The summed E-state index contributed by atoms with van der Waals surface area (Å²) in [6.07, 6.45) is 0.